The van der Waals surface area contributed by atoms with Crippen molar-refractivity contribution in [3.63, 3.8) is 0 Å². The smallest absolute Gasteiger partial charge is 0.270 e. The average Bonchev–Trinajstić information content (AvgIpc) is 3.10. The molecule has 1 aliphatic carbocycles. The highest BCUT2D eigenvalue weighted by Crippen LogP contribution is 2.30. The fraction of sp³-hybridized carbons (Fsp3) is 0.688. The molecule has 0 unspecified atom stereocenters. The summed E-state index contributed by atoms with van der Waals surface area (Å²) in [5.41, 5.74) is 0.808. The van der Waals surface area contributed by atoms with Crippen molar-refractivity contribution in [3.8, 4) is 0 Å². The molecule has 1 fully saturated rings. The van der Waals surface area contributed by atoms with Gasteiger partial charge in [-0.15, -0.1) is 0 Å². The van der Waals surface area contributed by atoms with Crippen LogP contribution in [-0.4, -0.2) is 28.0 Å². The predicted molar refractivity (Wildman–Crippen MR) is 86.0 cm³/mol. The zero-order chi connectivity index (χ0) is 14.9. The standard InChI is InChI=1S/C16H25BrN2O/c1-11(2)7-8-18(14-5-6-14)16(20)15-9-13(17)10-19(15)12(3)4/h9-12,14H,5-8H2,1-4H3. The van der Waals surface area contributed by atoms with Gasteiger partial charge in [-0.1, -0.05) is 13.8 Å². The minimum atomic E-state index is 0.188. The Kier molecular flexibility index (Phi) is 4.95. The van der Waals surface area contributed by atoms with Crippen molar-refractivity contribution in [1.82, 2.24) is 9.47 Å². The lowest BCUT2D eigenvalue weighted by atomic mass is 10.1. The van der Waals surface area contributed by atoms with Crippen LogP contribution in [0.15, 0.2) is 16.7 Å². The Balaban J connectivity index is 2.18. The van der Waals surface area contributed by atoms with E-state index >= 15 is 0 Å². The van der Waals surface area contributed by atoms with Crippen molar-refractivity contribution >= 4 is 21.8 Å². The molecule has 2 rings (SSSR count). The molecular formula is C16H25BrN2O. The van der Waals surface area contributed by atoms with E-state index in [0.29, 0.717) is 18.0 Å². The molecule has 1 saturated carbocycles. The summed E-state index contributed by atoms with van der Waals surface area (Å²) in [5.74, 6) is 0.820. The molecule has 1 aromatic rings. The quantitative estimate of drug-likeness (QED) is 0.749. The summed E-state index contributed by atoms with van der Waals surface area (Å²) in [7, 11) is 0. The van der Waals surface area contributed by atoms with Gasteiger partial charge in [0.2, 0.25) is 0 Å². The molecule has 0 saturated heterocycles. The lowest BCUT2D eigenvalue weighted by Crippen LogP contribution is -2.36. The molecule has 0 N–H and O–H groups in total. The second kappa shape index (κ2) is 6.33. The molecule has 0 aliphatic heterocycles. The molecule has 20 heavy (non-hydrogen) atoms. The van der Waals surface area contributed by atoms with Crippen LogP contribution in [-0.2, 0) is 0 Å². The molecule has 112 valence electrons. The summed E-state index contributed by atoms with van der Waals surface area (Å²) < 4.78 is 3.05. The number of hydrogen-bond acceptors (Lipinski definition) is 1. The van der Waals surface area contributed by atoms with Gasteiger partial charge in [-0.25, -0.2) is 0 Å². The molecule has 0 bridgehead atoms. The van der Waals surface area contributed by atoms with Gasteiger partial charge in [0.15, 0.2) is 0 Å². The molecule has 0 atom stereocenters. The third-order valence-electron chi connectivity index (χ3n) is 3.79. The minimum absolute atomic E-state index is 0.188. The molecule has 1 heterocycles. The topological polar surface area (TPSA) is 25.2 Å². The van der Waals surface area contributed by atoms with Gasteiger partial charge in [0.1, 0.15) is 5.69 Å². The number of rotatable bonds is 6. The van der Waals surface area contributed by atoms with E-state index in [1.54, 1.807) is 0 Å². The van der Waals surface area contributed by atoms with E-state index in [1.807, 2.05) is 12.3 Å². The van der Waals surface area contributed by atoms with Crippen LogP contribution in [0.4, 0.5) is 0 Å². The number of hydrogen-bond donors (Lipinski definition) is 0. The summed E-state index contributed by atoms with van der Waals surface area (Å²) in [5, 5.41) is 0. The Bertz CT molecular complexity index is 475. The van der Waals surface area contributed by atoms with Crippen LogP contribution in [0.2, 0.25) is 0 Å². The van der Waals surface area contributed by atoms with Gasteiger partial charge in [-0.05, 0) is 61.0 Å². The van der Waals surface area contributed by atoms with Crippen LogP contribution in [0.25, 0.3) is 0 Å². The number of carbonyl (C=O) groups excluding carboxylic acids is 1. The van der Waals surface area contributed by atoms with Gasteiger partial charge in [0.25, 0.3) is 5.91 Å². The van der Waals surface area contributed by atoms with Crippen molar-refractivity contribution in [2.24, 2.45) is 5.92 Å². The van der Waals surface area contributed by atoms with Crippen molar-refractivity contribution < 1.29 is 4.79 Å². The molecule has 0 radical (unpaired) electrons. The van der Waals surface area contributed by atoms with Crippen molar-refractivity contribution in [2.45, 2.75) is 59.0 Å². The minimum Gasteiger partial charge on any atom is -0.340 e. The van der Waals surface area contributed by atoms with Gasteiger partial charge < -0.3 is 9.47 Å². The monoisotopic (exact) mass is 340 g/mol. The van der Waals surface area contributed by atoms with Crippen molar-refractivity contribution in [3.05, 3.63) is 22.4 Å². The van der Waals surface area contributed by atoms with E-state index in [-0.39, 0.29) is 5.91 Å². The highest BCUT2D eigenvalue weighted by Gasteiger charge is 2.34. The molecule has 3 nitrogen and oxygen atoms in total. The van der Waals surface area contributed by atoms with Crippen molar-refractivity contribution in [1.29, 1.82) is 0 Å². The molecule has 1 aromatic heterocycles. The van der Waals surface area contributed by atoms with E-state index in [9.17, 15) is 4.79 Å². The number of halogens is 1. The first-order valence-corrected chi connectivity index (χ1v) is 8.37. The van der Waals surface area contributed by atoms with E-state index < -0.39 is 0 Å². The van der Waals surface area contributed by atoms with Crippen LogP contribution < -0.4 is 0 Å². The zero-order valence-electron chi connectivity index (χ0n) is 12.9. The Morgan fingerprint density at radius 3 is 2.55 bits per heavy atom. The van der Waals surface area contributed by atoms with Crippen LogP contribution >= 0.6 is 15.9 Å². The number of nitrogens with zero attached hydrogens (tertiary/aromatic N) is 2. The molecule has 1 aliphatic rings. The number of carbonyl (C=O) groups is 1. The third-order valence-corrected chi connectivity index (χ3v) is 4.22. The zero-order valence-corrected chi connectivity index (χ0v) is 14.5. The SMILES string of the molecule is CC(C)CCN(C(=O)c1cc(Br)cn1C(C)C)C1CC1. The Morgan fingerprint density at radius 1 is 1.40 bits per heavy atom. The van der Waals surface area contributed by atoms with E-state index in [4.69, 9.17) is 0 Å². The summed E-state index contributed by atoms with van der Waals surface area (Å²) >= 11 is 3.49. The highest BCUT2D eigenvalue weighted by atomic mass is 79.9. The molecule has 0 aromatic carbocycles. The van der Waals surface area contributed by atoms with E-state index in [0.717, 1.165) is 36.0 Å². The average molecular weight is 341 g/mol. The van der Waals surface area contributed by atoms with Crippen LogP contribution in [0.3, 0.4) is 0 Å². The maximum Gasteiger partial charge on any atom is 0.270 e. The second-order valence-electron chi connectivity index (χ2n) is 6.46. The summed E-state index contributed by atoms with van der Waals surface area (Å²) in [4.78, 5) is 14.9. The van der Waals surface area contributed by atoms with Gasteiger partial charge in [0.05, 0.1) is 0 Å². The maximum atomic E-state index is 12.9. The first-order valence-electron chi connectivity index (χ1n) is 7.58. The fourth-order valence-electron chi connectivity index (χ4n) is 2.42. The highest BCUT2D eigenvalue weighted by molar-refractivity contribution is 9.10. The van der Waals surface area contributed by atoms with Crippen molar-refractivity contribution in [2.75, 3.05) is 6.54 Å². The second-order valence-corrected chi connectivity index (χ2v) is 7.37. The molecule has 0 spiro atoms. The third kappa shape index (κ3) is 3.66. The lowest BCUT2D eigenvalue weighted by Gasteiger charge is -2.24. The molecule has 1 amide bonds. The largest absolute Gasteiger partial charge is 0.340 e. The van der Waals surface area contributed by atoms with Crippen LogP contribution in [0, 0.1) is 5.92 Å². The Labute approximate surface area is 130 Å². The molecule has 4 heteroatoms. The van der Waals surface area contributed by atoms with Gasteiger partial charge >= 0.3 is 0 Å². The summed E-state index contributed by atoms with van der Waals surface area (Å²) in [6, 6.07) is 2.72. The first-order chi connectivity index (χ1) is 9.40. The summed E-state index contributed by atoms with van der Waals surface area (Å²) in [6.07, 6.45) is 5.40. The van der Waals surface area contributed by atoms with Crippen LogP contribution in [0.1, 0.15) is 63.5 Å². The van der Waals surface area contributed by atoms with E-state index in [2.05, 4.69) is 53.1 Å². The molecular weight excluding hydrogens is 316 g/mol. The number of aromatic nitrogens is 1. The first kappa shape index (κ1) is 15.6. The van der Waals surface area contributed by atoms with Gasteiger partial charge in [-0.3, -0.25) is 4.79 Å². The maximum absolute atomic E-state index is 12.9. The van der Waals surface area contributed by atoms with Crippen LogP contribution in [0.5, 0.6) is 0 Å². The fourth-order valence-corrected chi connectivity index (χ4v) is 2.86. The predicted octanol–water partition coefficient (Wildman–Crippen LogP) is 4.48. The Hall–Kier alpha value is -0.770. The lowest BCUT2D eigenvalue weighted by molar-refractivity contribution is 0.0723. The van der Waals surface area contributed by atoms with E-state index in [1.165, 1.54) is 0 Å². The summed E-state index contributed by atoms with van der Waals surface area (Å²) in [6.45, 7) is 9.52. The Morgan fingerprint density at radius 2 is 2.05 bits per heavy atom. The normalized spacial score (nSPS) is 15.2. The number of amides is 1. The van der Waals surface area contributed by atoms with Gasteiger partial charge in [-0.2, -0.15) is 0 Å². The van der Waals surface area contributed by atoms with Gasteiger partial charge in [0, 0.05) is 29.3 Å².